The summed E-state index contributed by atoms with van der Waals surface area (Å²) >= 11 is 0. The van der Waals surface area contributed by atoms with Gasteiger partial charge in [-0.2, -0.15) is 0 Å². The van der Waals surface area contributed by atoms with Gasteiger partial charge in [-0.05, 0) is 19.4 Å². The molecule has 0 spiro atoms. The predicted octanol–water partition coefficient (Wildman–Crippen LogP) is 2.09. The maximum atomic E-state index is 11.1. The van der Waals surface area contributed by atoms with Gasteiger partial charge in [-0.3, -0.25) is 4.79 Å². The summed E-state index contributed by atoms with van der Waals surface area (Å²) in [5.74, 6) is 1.20. The Morgan fingerprint density at radius 2 is 2.31 bits per heavy atom. The van der Waals surface area contributed by atoms with Crippen molar-refractivity contribution < 1.29 is 4.79 Å². The molecule has 0 bridgehead atoms. The summed E-state index contributed by atoms with van der Waals surface area (Å²) in [5, 5.41) is 0. The van der Waals surface area contributed by atoms with Crippen molar-refractivity contribution in [2.45, 2.75) is 45.6 Å². The van der Waals surface area contributed by atoms with Crippen LogP contribution in [-0.2, 0) is 4.79 Å². The van der Waals surface area contributed by atoms with Gasteiger partial charge in [0.05, 0.1) is 0 Å². The van der Waals surface area contributed by atoms with Crippen molar-refractivity contribution in [3.05, 3.63) is 0 Å². The van der Waals surface area contributed by atoms with Crippen molar-refractivity contribution in [1.82, 2.24) is 4.90 Å². The number of nitrogens with zero attached hydrogens (tertiary/aromatic N) is 1. The average Bonchev–Trinajstić information content (AvgIpc) is 2.51. The largest absolute Gasteiger partial charge is 0.303 e. The topological polar surface area (TPSA) is 20.3 Å². The smallest absolute Gasteiger partial charge is 0.134 e. The Hall–Kier alpha value is -0.370. The van der Waals surface area contributed by atoms with Crippen LogP contribution >= 0.6 is 0 Å². The summed E-state index contributed by atoms with van der Waals surface area (Å²) < 4.78 is 0. The van der Waals surface area contributed by atoms with Crippen molar-refractivity contribution >= 4 is 5.78 Å². The second kappa shape index (κ2) is 4.75. The second-order valence-electron chi connectivity index (χ2n) is 4.39. The SMILES string of the molecule is CCC(C)CN(C)C1CCC(=O)C1. The van der Waals surface area contributed by atoms with E-state index in [1.807, 2.05) is 0 Å². The number of hydrogen-bond acceptors (Lipinski definition) is 2. The zero-order valence-electron chi connectivity index (χ0n) is 9.05. The van der Waals surface area contributed by atoms with Crippen LogP contribution in [0.25, 0.3) is 0 Å². The molecule has 0 amide bonds. The van der Waals surface area contributed by atoms with Crippen molar-refractivity contribution in [2.75, 3.05) is 13.6 Å². The lowest BCUT2D eigenvalue weighted by Gasteiger charge is -2.26. The summed E-state index contributed by atoms with van der Waals surface area (Å²) in [7, 11) is 2.15. The maximum absolute atomic E-state index is 11.1. The van der Waals surface area contributed by atoms with Crippen LogP contribution in [0.4, 0.5) is 0 Å². The number of ketones is 1. The van der Waals surface area contributed by atoms with Crippen LogP contribution in [0.3, 0.4) is 0 Å². The van der Waals surface area contributed by atoms with Gasteiger partial charge in [-0.25, -0.2) is 0 Å². The molecule has 0 aromatic carbocycles. The standard InChI is InChI=1S/C11H21NO/c1-4-9(2)8-12(3)10-5-6-11(13)7-10/h9-10H,4-8H2,1-3H3. The minimum absolute atomic E-state index is 0.445. The number of carbonyl (C=O) groups excluding carboxylic acids is 1. The van der Waals surface area contributed by atoms with E-state index in [1.165, 1.54) is 6.42 Å². The summed E-state index contributed by atoms with van der Waals surface area (Å²) in [6.07, 6.45) is 3.89. The number of Topliss-reactive ketones (excluding diaryl/α,β-unsaturated/α-hetero) is 1. The molecule has 13 heavy (non-hydrogen) atoms. The molecule has 1 aliphatic rings. The van der Waals surface area contributed by atoms with Gasteiger partial charge in [0, 0.05) is 25.4 Å². The Morgan fingerprint density at radius 3 is 2.77 bits per heavy atom. The molecule has 0 aliphatic heterocycles. The molecule has 0 heterocycles. The molecule has 76 valence electrons. The molecule has 1 rings (SSSR count). The van der Waals surface area contributed by atoms with E-state index in [-0.39, 0.29) is 0 Å². The Labute approximate surface area is 81.3 Å². The minimum Gasteiger partial charge on any atom is -0.303 e. The van der Waals surface area contributed by atoms with Crippen molar-refractivity contribution in [1.29, 1.82) is 0 Å². The first-order chi connectivity index (χ1) is 6.13. The lowest BCUT2D eigenvalue weighted by Crippen LogP contribution is -2.33. The van der Waals surface area contributed by atoms with E-state index in [2.05, 4.69) is 25.8 Å². The highest BCUT2D eigenvalue weighted by Crippen LogP contribution is 2.20. The summed E-state index contributed by atoms with van der Waals surface area (Å²) in [4.78, 5) is 13.4. The van der Waals surface area contributed by atoms with Crippen molar-refractivity contribution in [3.63, 3.8) is 0 Å². The van der Waals surface area contributed by atoms with E-state index in [4.69, 9.17) is 0 Å². The number of hydrogen-bond donors (Lipinski definition) is 0. The first-order valence-electron chi connectivity index (χ1n) is 5.35. The minimum atomic E-state index is 0.445. The zero-order chi connectivity index (χ0) is 9.84. The van der Waals surface area contributed by atoms with Crippen molar-refractivity contribution in [2.24, 2.45) is 5.92 Å². The van der Waals surface area contributed by atoms with Crippen LogP contribution in [0.15, 0.2) is 0 Å². The molecule has 0 N–H and O–H groups in total. The molecule has 0 aromatic rings. The molecular weight excluding hydrogens is 162 g/mol. The average molecular weight is 183 g/mol. The highest BCUT2D eigenvalue weighted by molar-refractivity contribution is 5.81. The van der Waals surface area contributed by atoms with Gasteiger partial charge in [0.15, 0.2) is 0 Å². The Balaban J connectivity index is 2.31. The first-order valence-corrected chi connectivity index (χ1v) is 5.35. The Morgan fingerprint density at radius 1 is 1.62 bits per heavy atom. The molecule has 2 unspecified atom stereocenters. The Bertz CT molecular complexity index is 179. The van der Waals surface area contributed by atoms with Gasteiger partial charge in [0.1, 0.15) is 5.78 Å². The van der Waals surface area contributed by atoms with Crippen LogP contribution in [0.1, 0.15) is 39.5 Å². The normalized spacial score (nSPS) is 25.5. The fraction of sp³-hybridized carbons (Fsp3) is 0.909. The zero-order valence-corrected chi connectivity index (χ0v) is 9.05. The highest BCUT2D eigenvalue weighted by atomic mass is 16.1. The van der Waals surface area contributed by atoms with Gasteiger partial charge in [-0.1, -0.05) is 20.3 Å². The van der Waals surface area contributed by atoms with Crippen LogP contribution in [-0.4, -0.2) is 30.3 Å². The maximum Gasteiger partial charge on any atom is 0.134 e. The van der Waals surface area contributed by atoms with E-state index < -0.39 is 0 Å². The number of rotatable bonds is 4. The Kier molecular flexibility index (Phi) is 3.91. The summed E-state index contributed by atoms with van der Waals surface area (Å²) in [6.45, 7) is 5.63. The van der Waals surface area contributed by atoms with E-state index in [0.717, 1.165) is 31.7 Å². The fourth-order valence-electron chi connectivity index (χ4n) is 1.94. The molecule has 1 saturated carbocycles. The molecule has 0 radical (unpaired) electrons. The van der Waals surface area contributed by atoms with E-state index in [9.17, 15) is 4.79 Å². The van der Waals surface area contributed by atoms with Crippen LogP contribution in [0.2, 0.25) is 0 Å². The van der Waals surface area contributed by atoms with Crippen LogP contribution in [0.5, 0.6) is 0 Å². The quantitative estimate of drug-likeness (QED) is 0.665. The van der Waals surface area contributed by atoms with E-state index >= 15 is 0 Å². The number of carbonyl (C=O) groups is 1. The molecule has 2 atom stereocenters. The second-order valence-corrected chi connectivity index (χ2v) is 4.39. The lowest BCUT2D eigenvalue weighted by atomic mass is 10.1. The third-order valence-electron chi connectivity index (χ3n) is 3.14. The van der Waals surface area contributed by atoms with Gasteiger partial charge in [0.25, 0.3) is 0 Å². The van der Waals surface area contributed by atoms with Crippen LogP contribution in [0, 0.1) is 5.92 Å². The summed E-state index contributed by atoms with van der Waals surface area (Å²) in [6, 6.07) is 0.529. The molecular formula is C11H21NO. The lowest BCUT2D eigenvalue weighted by molar-refractivity contribution is -0.117. The molecule has 1 aliphatic carbocycles. The molecule has 2 nitrogen and oxygen atoms in total. The monoisotopic (exact) mass is 183 g/mol. The molecule has 1 fully saturated rings. The molecule has 0 aromatic heterocycles. The fourth-order valence-corrected chi connectivity index (χ4v) is 1.94. The molecule has 2 heteroatoms. The molecule has 0 saturated heterocycles. The predicted molar refractivity (Wildman–Crippen MR) is 54.7 cm³/mol. The van der Waals surface area contributed by atoms with E-state index in [0.29, 0.717) is 11.8 Å². The third kappa shape index (κ3) is 3.11. The first kappa shape index (κ1) is 10.7. The summed E-state index contributed by atoms with van der Waals surface area (Å²) in [5.41, 5.74) is 0. The van der Waals surface area contributed by atoms with Gasteiger partial charge < -0.3 is 4.90 Å². The highest BCUT2D eigenvalue weighted by Gasteiger charge is 2.25. The van der Waals surface area contributed by atoms with Gasteiger partial charge in [0.2, 0.25) is 0 Å². The van der Waals surface area contributed by atoms with Crippen LogP contribution < -0.4 is 0 Å². The van der Waals surface area contributed by atoms with Crippen molar-refractivity contribution in [3.8, 4) is 0 Å². The third-order valence-corrected chi connectivity index (χ3v) is 3.14. The van der Waals surface area contributed by atoms with E-state index in [1.54, 1.807) is 0 Å². The van der Waals surface area contributed by atoms with Gasteiger partial charge in [-0.15, -0.1) is 0 Å². The van der Waals surface area contributed by atoms with Gasteiger partial charge >= 0.3 is 0 Å².